The Balaban J connectivity index is 1.97. The predicted octanol–water partition coefficient (Wildman–Crippen LogP) is 3.52. The fraction of sp³-hybridized carbons (Fsp3) is 0.308. The predicted molar refractivity (Wildman–Crippen MR) is 73.8 cm³/mol. The maximum absolute atomic E-state index is 5.85. The van der Waals surface area contributed by atoms with E-state index in [1.807, 2.05) is 24.3 Å². The average molecular weight is 286 g/mol. The van der Waals surface area contributed by atoms with Gasteiger partial charge in [0.1, 0.15) is 17.5 Å². The van der Waals surface area contributed by atoms with E-state index in [4.69, 9.17) is 32.7 Å². The fourth-order valence-corrected chi connectivity index (χ4v) is 1.80. The molecule has 1 aromatic heterocycles. The second kappa shape index (κ2) is 6.78. The van der Waals surface area contributed by atoms with E-state index in [0.29, 0.717) is 30.9 Å². The van der Waals surface area contributed by atoms with Crippen LogP contribution in [-0.4, -0.2) is 30.7 Å². The molecule has 0 saturated heterocycles. The van der Waals surface area contributed by atoms with Gasteiger partial charge in [0.05, 0.1) is 18.7 Å². The van der Waals surface area contributed by atoms with Gasteiger partial charge < -0.3 is 9.47 Å². The molecule has 2 rings (SSSR count). The second-order valence-corrected chi connectivity index (χ2v) is 4.40. The SMILES string of the molecule is ClCCOCCOc1ccc2ccc(Cl)nc2c1. The highest BCUT2D eigenvalue weighted by Gasteiger charge is 2.00. The number of hydrogen-bond donors (Lipinski definition) is 0. The van der Waals surface area contributed by atoms with Crippen molar-refractivity contribution >= 4 is 34.1 Å². The molecule has 3 nitrogen and oxygen atoms in total. The maximum atomic E-state index is 5.85. The van der Waals surface area contributed by atoms with Crippen LogP contribution >= 0.6 is 23.2 Å². The summed E-state index contributed by atoms with van der Waals surface area (Å²) in [5, 5.41) is 1.51. The van der Waals surface area contributed by atoms with Crippen LogP contribution in [0.1, 0.15) is 0 Å². The molecule has 0 N–H and O–H groups in total. The Morgan fingerprint density at radius 1 is 1.06 bits per heavy atom. The van der Waals surface area contributed by atoms with Gasteiger partial charge in [0, 0.05) is 17.3 Å². The molecular weight excluding hydrogens is 273 g/mol. The Labute approximate surface area is 116 Å². The fourth-order valence-electron chi connectivity index (χ4n) is 1.54. The van der Waals surface area contributed by atoms with Gasteiger partial charge in [0.2, 0.25) is 0 Å². The number of hydrogen-bond acceptors (Lipinski definition) is 3. The lowest BCUT2D eigenvalue weighted by Gasteiger charge is -2.07. The summed E-state index contributed by atoms with van der Waals surface area (Å²) in [4.78, 5) is 4.23. The second-order valence-electron chi connectivity index (χ2n) is 3.64. The van der Waals surface area contributed by atoms with Gasteiger partial charge in [-0.15, -0.1) is 11.6 Å². The summed E-state index contributed by atoms with van der Waals surface area (Å²) < 4.78 is 10.8. The summed E-state index contributed by atoms with van der Waals surface area (Å²) >= 11 is 11.3. The van der Waals surface area contributed by atoms with Crippen LogP contribution < -0.4 is 4.74 Å². The minimum Gasteiger partial charge on any atom is -0.491 e. The van der Waals surface area contributed by atoms with Crippen molar-refractivity contribution in [2.45, 2.75) is 0 Å². The first-order valence-corrected chi connectivity index (χ1v) is 6.53. The highest BCUT2D eigenvalue weighted by Crippen LogP contribution is 2.21. The first kappa shape index (κ1) is 13.4. The standard InChI is InChI=1S/C13H13Cl2NO2/c14-5-6-17-7-8-18-11-3-1-10-2-4-13(15)16-12(10)9-11/h1-4,9H,5-8H2. The van der Waals surface area contributed by atoms with Crippen LogP contribution in [-0.2, 0) is 4.74 Å². The van der Waals surface area contributed by atoms with Gasteiger partial charge in [0.15, 0.2) is 0 Å². The Hall–Kier alpha value is -1.03. The van der Waals surface area contributed by atoms with Crippen molar-refractivity contribution in [1.29, 1.82) is 0 Å². The van der Waals surface area contributed by atoms with Crippen molar-refractivity contribution in [1.82, 2.24) is 4.98 Å². The van der Waals surface area contributed by atoms with Gasteiger partial charge >= 0.3 is 0 Å². The van der Waals surface area contributed by atoms with E-state index in [9.17, 15) is 0 Å². The average Bonchev–Trinajstić information content (AvgIpc) is 2.38. The third-order valence-electron chi connectivity index (χ3n) is 2.35. The number of nitrogens with zero attached hydrogens (tertiary/aromatic N) is 1. The van der Waals surface area contributed by atoms with E-state index >= 15 is 0 Å². The lowest BCUT2D eigenvalue weighted by molar-refractivity contribution is 0.111. The number of halogens is 2. The van der Waals surface area contributed by atoms with E-state index in [2.05, 4.69) is 4.98 Å². The van der Waals surface area contributed by atoms with Crippen LogP contribution in [0.2, 0.25) is 5.15 Å². The Morgan fingerprint density at radius 2 is 1.89 bits per heavy atom. The summed E-state index contributed by atoms with van der Waals surface area (Å²) in [6, 6.07) is 9.41. The number of alkyl halides is 1. The smallest absolute Gasteiger partial charge is 0.129 e. The normalized spacial score (nSPS) is 10.8. The summed E-state index contributed by atoms with van der Waals surface area (Å²) in [6.45, 7) is 1.55. The van der Waals surface area contributed by atoms with Gasteiger partial charge in [-0.3, -0.25) is 0 Å². The largest absolute Gasteiger partial charge is 0.491 e. The van der Waals surface area contributed by atoms with Gasteiger partial charge in [-0.1, -0.05) is 11.6 Å². The minimum absolute atomic E-state index is 0.477. The molecule has 0 aliphatic rings. The van der Waals surface area contributed by atoms with Crippen molar-refractivity contribution < 1.29 is 9.47 Å². The van der Waals surface area contributed by atoms with E-state index in [1.54, 1.807) is 6.07 Å². The molecule has 2 aromatic rings. The van der Waals surface area contributed by atoms with E-state index in [0.717, 1.165) is 16.7 Å². The van der Waals surface area contributed by atoms with Crippen LogP contribution in [0.5, 0.6) is 5.75 Å². The van der Waals surface area contributed by atoms with Crippen molar-refractivity contribution in [3.05, 3.63) is 35.5 Å². The molecule has 0 fully saturated rings. The third kappa shape index (κ3) is 3.73. The Bertz CT molecular complexity index is 519. The number of rotatable bonds is 6. The molecule has 0 amide bonds. The van der Waals surface area contributed by atoms with Gasteiger partial charge in [-0.2, -0.15) is 0 Å². The summed E-state index contributed by atoms with van der Waals surface area (Å²) in [6.07, 6.45) is 0. The molecule has 0 radical (unpaired) electrons. The van der Waals surface area contributed by atoms with Crippen molar-refractivity contribution in [3.8, 4) is 5.75 Å². The monoisotopic (exact) mass is 285 g/mol. The molecule has 1 heterocycles. The van der Waals surface area contributed by atoms with Crippen molar-refractivity contribution in [2.24, 2.45) is 0 Å². The molecule has 5 heteroatoms. The van der Waals surface area contributed by atoms with Crippen LogP contribution in [0.3, 0.4) is 0 Å². The van der Waals surface area contributed by atoms with E-state index in [-0.39, 0.29) is 0 Å². The first-order chi connectivity index (χ1) is 8.79. The Kier molecular flexibility index (Phi) is 5.05. The molecule has 0 aliphatic heterocycles. The van der Waals surface area contributed by atoms with Gasteiger partial charge in [0.25, 0.3) is 0 Å². The maximum Gasteiger partial charge on any atom is 0.129 e. The van der Waals surface area contributed by atoms with Crippen molar-refractivity contribution in [3.63, 3.8) is 0 Å². The molecule has 0 saturated carbocycles. The summed E-state index contributed by atoms with van der Waals surface area (Å²) in [5.41, 5.74) is 0.821. The topological polar surface area (TPSA) is 31.4 Å². The molecule has 0 spiro atoms. The highest BCUT2D eigenvalue weighted by atomic mass is 35.5. The molecule has 96 valence electrons. The number of aromatic nitrogens is 1. The molecule has 18 heavy (non-hydrogen) atoms. The summed E-state index contributed by atoms with van der Waals surface area (Å²) in [5.74, 6) is 1.25. The molecular formula is C13H13Cl2NO2. The van der Waals surface area contributed by atoms with Crippen LogP contribution in [0.15, 0.2) is 30.3 Å². The highest BCUT2D eigenvalue weighted by molar-refractivity contribution is 6.29. The number of fused-ring (bicyclic) bond motifs is 1. The number of benzene rings is 1. The number of pyridine rings is 1. The molecule has 0 bridgehead atoms. The zero-order valence-corrected chi connectivity index (χ0v) is 11.2. The zero-order chi connectivity index (χ0) is 12.8. The number of ether oxygens (including phenoxy) is 2. The lowest BCUT2D eigenvalue weighted by Crippen LogP contribution is -2.07. The molecule has 0 unspecified atom stereocenters. The lowest BCUT2D eigenvalue weighted by atomic mass is 10.2. The van der Waals surface area contributed by atoms with E-state index < -0.39 is 0 Å². The van der Waals surface area contributed by atoms with Gasteiger partial charge in [-0.05, 0) is 24.3 Å². The van der Waals surface area contributed by atoms with Crippen LogP contribution in [0.25, 0.3) is 10.9 Å². The first-order valence-electron chi connectivity index (χ1n) is 5.62. The van der Waals surface area contributed by atoms with E-state index in [1.165, 1.54) is 0 Å². The quantitative estimate of drug-likeness (QED) is 0.462. The minimum atomic E-state index is 0.477. The van der Waals surface area contributed by atoms with Crippen LogP contribution in [0, 0.1) is 0 Å². The molecule has 0 aliphatic carbocycles. The van der Waals surface area contributed by atoms with Gasteiger partial charge in [-0.25, -0.2) is 4.98 Å². The molecule has 0 atom stereocenters. The summed E-state index contributed by atoms with van der Waals surface area (Å²) in [7, 11) is 0. The van der Waals surface area contributed by atoms with Crippen molar-refractivity contribution in [2.75, 3.05) is 25.7 Å². The third-order valence-corrected chi connectivity index (χ3v) is 2.71. The molecule has 1 aromatic carbocycles. The Morgan fingerprint density at radius 3 is 2.72 bits per heavy atom. The van der Waals surface area contributed by atoms with Crippen LogP contribution in [0.4, 0.5) is 0 Å². The zero-order valence-electron chi connectivity index (χ0n) is 9.73.